The second-order valence-electron chi connectivity index (χ2n) is 5.03. The van der Waals surface area contributed by atoms with Gasteiger partial charge >= 0.3 is 0 Å². The molecule has 0 aromatic carbocycles. The number of fused-ring (bicyclic) bond motifs is 1. The smallest absolute Gasteiger partial charge is 0.241 e. The third-order valence-corrected chi connectivity index (χ3v) is 3.69. The molecule has 0 unspecified atom stereocenters. The highest BCUT2D eigenvalue weighted by atomic mass is 19.3. The Morgan fingerprint density at radius 2 is 2.05 bits per heavy atom. The molecular weight excluding hydrogens is 250 g/mol. The van der Waals surface area contributed by atoms with Crippen LogP contribution in [0.2, 0.25) is 0 Å². The van der Waals surface area contributed by atoms with Crippen molar-refractivity contribution in [1.29, 1.82) is 0 Å². The van der Waals surface area contributed by atoms with E-state index in [0.717, 1.165) is 17.0 Å². The first kappa shape index (κ1) is 12.3. The number of hydrogen-bond acceptors (Lipinski definition) is 3. The Bertz CT molecular complexity index is 573. The van der Waals surface area contributed by atoms with Gasteiger partial charge < -0.3 is 4.90 Å². The Morgan fingerprint density at radius 1 is 1.32 bits per heavy atom. The summed E-state index contributed by atoms with van der Waals surface area (Å²) in [6.45, 7) is 3.19. The van der Waals surface area contributed by atoms with E-state index in [1.807, 2.05) is 13.0 Å². The zero-order chi connectivity index (χ0) is 13.4. The number of halogens is 2. The highest BCUT2D eigenvalue weighted by Crippen LogP contribution is 2.28. The monoisotopic (exact) mass is 266 g/mol. The van der Waals surface area contributed by atoms with Crippen molar-refractivity contribution < 1.29 is 8.78 Å². The molecular formula is C13H16F2N4. The lowest BCUT2D eigenvalue weighted by Gasteiger charge is -2.32. The van der Waals surface area contributed by atoms with Crippen LogP contribution >= 0.6 is 0 Å². The average Bonchev–Trinajstić information content (AvgIpc) is 2.78. The fourth-order valence-corrected chi connectivity index (χ4v) is 2.64. The topological polar surface area (TPSA) is 33.4 Å². The maximum absolute atomic E-state index is 12.7. The first-order chi connectivity index (χ1) is 9.15. The summed E-state index contributed by atoms with van der Waals surface area (Å²) in [5, 5.41) is 4.34. The van der Waals surface area contributed by atoms with E-state index in [1.165, 1.54) is 0 Å². The molecule has 1 saturated heterocycles. The van der Waals surface area contributed by atoms with Crippen molar-refractivity contribution in [2.75, 3.05) is 18.0 Å². The molecule has 102 valence electrons. The molecule has 1 aliphatic heterocycles. The highest BCUT2D eigenvalue weighted by Gasteiger charge is 2.27. The first-order valence-electron chi connectivity index (χ1n) is 6.49. The molecule has 19 heavy (non-hydrogen) atoms. The van der Waals surface area contributed by atoms with Crippen LogP contribution in [0.5, 0.6) is 0 Å². The summed E-state index contributed by atoms with van der Waals surface area (Å²) >= 11 is 0. The summed E-state index contributed by atoms with van der Waals surface area (Å²) in [5.74, 6) is 0.374. The minimum absolute atomic E-state index is 0.470. The van der Waals surface area contributed by atoms with Gasteiger partial charge in [-0.05, 0) is 25.8 Å². The van der Waals surface area contributed by atoms with Gasteiger partial charge in [-0.15, -0.1) is 0 Å². The van der Waals surface area contributed by atoms with E-state index in [4.69, 9.17) is 0 Å². The Kier molecular flexibility index (Phi) is 3.08. The highest BCUT2D eigenvalue weighted by molar-refractivity contribution is 5.69. The van der Waals surface area contributed by atoms with Crippen LogP contribution in [-0.4, -0.2) is 34.1 Å². The molecule has 6 heteroatoms. The SMILES string of the molecule is Cc1cc2c(N3CCC(C(F)F)CC3)nccn2n1. The van der Waals surface area contributed by atoms with E-state index in [1.54, 1.807) is 16.9 Å². The average molecular weight is 266 g/mol. The zero-order valence-electron chi connectivity index (χ0n) is 10.8. The van der Waals surface area contributed by atoms with Gasteiger partial charge in [0.25, 0.3) is 0 Å². The maximum Gasteiger partial charge on any atom is 0.241 e. The van der Waals surface area contributed by atoms with Crippen molar-refractivity contribution in [3.8, 4) is 0 Å². The number of aryl methyl sites for hydroxylation is 1. The molecule has 1 fully saturated rings. The van der Waals surface area contributed by atoms with Gasteiger partial charge in [-0.25, -0.2) is 18.3 Å². The molecule has 4 nitrogen and oxygen atoms in total. The number of anilines is 1. The summed E-state index contributed by atoms with van der Waals surface area (Å²) in [7, 11) is 0. The molecule has 0 atom stereocenters. The van der Waals surface area contributed by atoms with Gasteiger partial charge in [-0.3, -0.25) is 0 Å². The Balaban J connectivity index is 1.85. The van der Waals surface area contributed by atoms with Crippen LogP contribution in [0.15, 0.2) is 18.5 Å². The van der Waals surface area contributed by atoms with Gasteiger partial charge in [-0.1, -0.05) is 0 Å². The van der Waals surface area contributed by atoms with Gasteiger partial charge in [0.1, 0.15) is 5.52 Å². The van der Waals surface area contributed by atoms with Crippen molar-refractivity contribution in [2.45, 2.75) is 26.2 Å². The van der Waals surface area contributed by atoms with E-state index in [2.05, 4.69) is 15.0 Å². The minimum Gasteiger partial charge on any atom is -0.355 e. The van der Waals surface area contributed by atoms with Crippen molar-refractivity contribution in [3.05, 3.63) is 24.2 Å². The lowest BCUT2D eigenvalue weighted by Crippen LogP contribution is -2.36. The molecule has 0 amide bonds. The first-order valence-corrected chi connectivity index (χ1v) is 6.49. The molecule has 3 heterocycles. The largest absolute Gasteiger partial charge is 0.355 e. The molecule has 3 rings (SSSR count). The van der Waals surface area contributed by atoms with Crippen molar-refractivity contribution >= 4 is 11.3 Å². The summed E-state index contributed by atoms with van der Waals surface area (Å²) in [6, 6.07) is 1.97. The second kappa shape index (κ2) is 4.75. The van der Waals surface area contributed by atoms with Gasteiger partial charge in [0.05, 0.1) is 5.69 Å². The maximum atomic E-state index is 12.7. The number of nitrogens with zero attached hydrogens (tertiary/aromatic N) is 4. The van der Waals surface area contributed by atoms with Crippen molar-refractivity contribution in [3.63, 3.8) is 0 Å². The lowest BCUT2D eigenvalue weighted by atomic mass is 9.97. The van der Waals surface area contributed by atoms with Crippen LogP contribution in [0, 0.1) is 12.8 Å². The molecule has 0 saturated carbocycles. The van der Waals surface area contributed by atoms with E-state index in [0.29, 0.717) is 25.9 Å². The van der Waals surface area contributed by atoms with Crippen LogP contribution in [0.1, 0.15) is 18.5 Å². The lowest BCUT2D eigenvalue weighted by molar-refractivity contribution is 0.0635. The number of hydrogen-bond donors (Lipinski definition) is 0. The third kappa shape index (κ3) is 2.27. The molecule has 2 aromatic rings. The predicted molar refractivity (Wildman–Crippen MR) is 68.7 cm³/mol. The third-order valence-electron chi connectivity index (χ3n) is 3.69. The molecule has 1 aliphatic rings. The number of aromatic nitrogens is 3. The molecule has 0 spiro atoms. The normalized spacial score (nSPS) is 17.6. The van der Waals surface area contributed by atoms with Crippen LogP contribution < -0.4 is 4.90 Å². The molecule has 0 N–H and O–H groups in total. The van der Waals surface area contributed by atoms with Gasteiger partial charge in [0.2, 0.25) is 6.43 Å². The van der Waals surface area contributed by atoms with Crippen molar-refractivity contribution in [1.82, 2.24) is 14.6 Å². The van der Waals surface area contributed by atoms with Crippen LogP contribution in [0.4, 0.5) is 14.6 Å². The number of piperidine rings is 1. The standard InChI is InChI=1S/C13H16F2N4/c1-9-8-11-13(16-4-7-19(11)17-9)18-5-2-10(3-6-18)12(14)15/h4,7-8,10,12H,2-3,5-6H2,1H3. The zero-order valence-corrected chi connectivity index (χ0v) is 10.8. The number of alkyl halides is 2. The Morgan fingerprint density at radius 3 is 2.74 bits per heavy atom. The Labute approximate surface area is 110 Å². The summed E-state index contributed by atoms with van der Waals surface area (Å²) < 4.78 is 27.1. The molecule has 0 aliphatic carbocycles. The van der Waals surface area contributed by atoms with Crippen molar-refractivity contribution in [2.24, 2.45) is 5.92 Å². The molecule has 0 bridgehead atoms. The summed E-state index contributed by atoms with van der Waals surface area (Å²) in [6.07, 6.45) is 2.34. The predicted octanol–water partition coefficient (Wildman–Crippen LogP) is 2.52. The van der Waals surface area contributed by atoms with Gasteiger partial charge in [0.15, 0.2) is 5.82 Å². The van der Waals surface area contributed by atoms with Crippen LogP contribution in [-0.2, 0) is 0 Å². The van der Waals surface area contributed by atoms with Gasteiger partial charge in [-0.2, -0.15) is 5.10 Å². The van der Waals surface area contributed by atoms with Crippen LogP contribution in [0.25, 0.3) is 5.52 Å². The second-order valence-corrected chi connectivity index (χ2v) is 5.03. The fourth-order valence-electron chi connectivity index (χ4n) is 2.64. The van der Waals surface area contributed by atoms with Crippen LogP contribution in [0.3, 0.4) is 0 Å². The summed E-state index contributed by atoms with van der Waals surface area (Å²) in [5.41, 5.74) is 1.87. The molecule has 2 aromatic heterocycles. The number of rotatable bonds is 2. The summed E-state index contributed by atoms with van der Waals surface area (Å²) in [4.78, 5) is 6.47. The van der Waals surface area contributed by atoms with E-state index in [9.17, 15) is 8.78 Å². The quantitative estimate of drug-likeness (QED) is 0.837. The van der Waals surface area contributed by atoms with E-state index >= 15 is 0 Å². The van der Waals surface area contributed by atoms with Gasteiger partial charge in [0, 0.05) is 31.4 Å². The minimum atomic E-state index is -2.21. The van der Waals surface area contributed by atoms with E-state index in [-0.39, 0.29) is 0 Å². The fraction of sp³-hybridized carbons (Fsp3) is 0.538. The molecule has 0 radical (unpaired) electrons. The van der Waals surface area contributed by atoms with E-state index < -0.39 is 12.3 Å². The Hall–Kier alpha value is -1.72.